The van der Waals surface area contributed by atoms with Gasteiger partial charge in [0.25, 0.3) is 0 Å². The third-order valence-electron chi connectivity index (χ3n) is 8.22. The molecule has 251 valence electrons. The van der Waals surface area contributed by atoms with E-state index in [9.17, 15) is 19.2 Å². The number of carbonyl (C=O) groups excluding carboxylic acids is 4. The molecule has 4 atom stereocenters. The fourth-order valence-corrected chi connectivity index (χ4v) is 5.55. The Kier molecular flexibility index (Phi) is 16.4. The van der Waals surface area contributed by atoms with Gasteiger partial charge in [-0.3, -0.25) is 9.69 Å². The third kappa shape index (κ3) is 12.5. The fraction of sp³-hybridized carbons (Fsp3) is 0.588. The summed E-state index contributed by atoms with van der Waals surface area (Å²) in [5.41, 5.74) is 6.95. The number of hydrogen-bond donors (Lipinski definition) is 3. The van der Waals surface area contributed by atoms with Gasteiger partial charge in [0, 0.05) is 0 Å². The van der Waals surface area contributed by atoms with Gasteiger partial charge in [-0.25, -0.2) is 0 Å². The number of hydrogen-bond acceptors (Lipinski definition) is 7. The predicted octanol–water partition coefficient (Wildman–Crippen LogP) is 3.69. The number of benzene rings is 1. The van der Waals surface area contributed by atoms with Crippen LogP contribution >= 0.6 is 0 Å². The molecule has 0 bridgehead atoms. The zero-order chi connectivity index (χ0) is 34.2. The van der Waals surface area contributed by atoms with Gasteiger partial charge < -0.3 is 4.74 Å². The zero-order valence-electron chi connectivity index (χ0n) is 28.3. The van der Waals surface area contributed by atoms with Crippen LogP contribution in [0.25, 0.3) is 0 Å². The average Bonchev–Trinajstić information content (AvgIpc) is 3.26. The second kappa shape index (κ2) is 19.7. The van der Waals surface area contributed by atoms with E-state index in [0.29, 0.717) is 25.8 Å². The summed E-state index contributed by atoms with van der Waals surface area (Å²) in [7, 11) is 9.14. The maximum absolute atomic E-state index is 13.7. The molecule has 1 aromatic rings. The van der Waals surface area contributed by atoms with Crippen molar-refractivity contribution in [3.05, 3.63) is 59.8 Å². The van der Waals surface area contributed by atoms with Gasteiger partial charge in [-0.15, -0.1) is 0 Å². The number of ether oxygens (including phenoxy) is 1. The van der Waals surface area contributed by atoms with Crippen molar-refractivity contribution in [1.82, 2.24) is 20.4 Å². The Morgan fingerprint density at radius 3 is 2.39 bits per heavy atom. The molecule has 4 N–H and O–H groups in total. The van der Waals surface area contributed by atoms with Crippen LogP contribution in [0.2, 0.25) is 0 Å². The number of carbonyl (C=O) groups is 4. The first kappa shape index (κ1) is 38.4. The third-order valence-corrected chi connectivity index (χ3v) is 8.22. The summed E-state index contributed by atoms with van der Waals surface area (Å²) in [5, 5.41) is 5.34. The molecule has 4 amide bonds. The second-order valence-electron chi connectivity index (χ2n) is 12.6. The summed E-state index contributed by atoms with van der Waals surface area (Å²) in [6, 6.07) is 7.03. The summed E-state index contributed by atoms with van der Waals surface area (Å²) in [6.45, 7) is 8.93. The second-order valence-corrected chi connectivity index (χ2v) is 12.6. The van der Waals surface area contributed by atoms with E-state index in [1.165, 1.54) is 0 Å². The van der Waals surface area contributed by atoms with E-state index in [-0.39, 0.29) is 48.8 Å². The molecule has 0 fully saturated rings. The molecular formula is C34H52BN6O5. The molecule has 0 saturated carbocycles. The summed E-state index contributed by atoms with van der Waals surface area (Å²) in [5.74, 6) is -0.750. The number of nitrogens with two attached hydrogens (primary N) is 1. The van der Waals surface area contributed by atoms with Crippen LogP contribution in [0.5, 0.6) is 0 Å². The van der Waals surface area contributed by atoms with Crippen molar-refractivity contribution >= 4 is 31.5 Å². The Morgan fingerprint density at radius 1 is 1.09 bits per heavy atom. The summed E-state index contributed by atoms with van der Waals surface area (Å²) >= 11 is 0. The molecule has 1 unspecified atom stereocenters. The molecule has 0 heterocycles. The Bertz CT molecular complexity index is 1220. The van der Waals surface area contributed by atoms with E-state index in [1.807, 2.05) is 65.1 Å². The molecule has 11 nitrogen and oxygen atoms in total. The summed E-state index contributed by atoms with van der Waals surface area (Å²) in [4.78, 5) is 58.1. The Labute approximate surface area is 275 Å². The first-order valence-electron chi connectivity index (χ1n) is 16.1. The van der Waals surface area contributed by atoms with Crippen LogP contribution in [0.15, 0.2) is 59.2 Å². The van der Waals surface area contributed by atoms with Gasteiger partial charge in [-0.1, -0.05) is 44.2 Å². The predicted molar refractivity (Wildman–Crippen MR) is 180 cm³/mol. The van der Waals surface area contributed by atoms with Crippen molar-refractivity contribution < 1.29 is 23.9 Å². The Morgan fingerprint density at radius 2 is 1.78 bits per heavy atom. The maximum atomic E-state index is 13.7. The first-order chi connectivity index (χ1) is 21.8. The van der Waals surface area contributed by atoms with Gasteiger partial charge in [0.2, 0.25) is 0 Å². The van der Waals surface area contributed by atoms with E-state index in [1.54, 1.807) is 11.9 Å². The number of likely N-dealkylation sites (N-methyl/N-ethyl adjacent to an activating group) is 2. The quantitative estimate of drug-likeness (QED) is 0.0971. The van der Waals surface area contributed by atoms with Crippen LogP contribution in [-0.4, -0.2) is 86.6 Å². The number of primary amides is 1. The van der Waals surface area contributed by atoms with Crippen molar-refractivity contribution in [1.29, 1.82) is 0 Å². The van der Waals surface area contributed by atoms with E-state index in [4.69, 9.17) is 18.1 Å². The van der Waals surface area contributed by atoms with E-state index < -0.39 is 24.0 Å². The molecule has 1 aromatic carbocycles. The van der Waals surface area contributed by atoms with Crippen molar-refractivity contribution in [2.24, 2.45) is 28.4 Å². The number of nitrogens with one attached hydrogen (secondary N) is 2. The fourth-order valence-electron chi connectivity index (χ4n) is 5.55. The monoisotopic (exact) mass is 635 g/mol. The average molecular weight is 636 g/mol. The zero-order valence-corrected chi connectivity index (χ0v) is 28.3. The molecule has 1 aliphatic rings. The van der Waals surface area contributed by atoms with E-state index in [0.717, 1.165) is 24.1 Å². The van der Waals surface area contributed by atoms with Crippen molar-refractivity contribution in [3.8, 4) is 0 Å². The van der Waals surface area contributed by atoms with Crippen LogP contribution < -0.4 is 16.4 Å². The molecule has 0 aliphatic heterocycles. The Hall–Kier alpha value is -3.80. The molecule has 0 saturated heterocycles. The molecule has 0 aromatic heterocycles. The number of esters is 1. The molecule has 1 radical (unpaired) electrons. The first-order valence-corrected chi connectivity index (χ1v) is 16.1. The van der Waals surface area contributed by atoms with Crippen LogP contribution in [-0.2, 0) is 25.7 Å². The van der Waals surface area contributed by atoms with Gasteiger partial charge in [0.05, 0.1) is 0 Å². The minimum atomic E-state index is -0.831. The van der Waals surface area contributed by atoms with Crippen LogP contribution in [0.3, 0.4) is 0 Å². The van der Waals surface area contributed by atoms with E-state index in [2.05, 4.69) is 38.7 Å². The number of rotatable bonds is 18. The van der Waals surface area contributed by atoms with Gasteiger partial charge in [-0.2, -0.15) is 0 Å². The summed E-state index contributed by atoms with van der Waals surface area (Å²) in [6.07, 6.45) is 9.14. The standard InChI is InChI=1S/C34H52BN6O5/c1-23(2)29(39-35)31(42)38-28(16-11-20-37-34(36)45)32(43)41(6)27-15-10-14-25(17-18-27)19-21-40(5)30(24(3)4)33(44)46-22-26-12-8-7-9-13-26/h7-10,12-14,18,23-25,28-30H,11,15-17,19-22H2,1-6H3,(H,38,42)(H3,36,37,45)/t25?,28-,29-,30-/m0/s1. The molecule has 12 heteroatoms. The van der Waals surface area contributed by atoms with Crippen molar-refractivity contribution in [2.45, 2.75) is 84.5 Å². The topological polar surface area (TPSA) is 146 Å². The van der Waals surface area contributed by atoms with Crippen molar-refractivity contribution in [3.63, 3.8) is 0 Å². The van der Waals surface area contributed by atoms with Crippen LogP contribution in [0.4, 0.5) is 4.79 Å². The van der Waals surface area contributed by atoms with Gasteiger partial charge >= 0.3 is 179 Å². The molecule has 0 spiro atoms. The van der Waals surface area contributed by atoms with Crippen LogP contribution in [0.1, 0.15) is 65.4 Å². The van der Waals surface area contributed by atoms with E-state index >= 15 is 0 Å². The number of amides is 4. The van der Waals surface area contributed by atoms with Gasteiger partial charge in [-0.05, 0) is 25.1 Å². The van der Waals surface area contributed by atoms with Crippen LogP contribution in [0, 0.1) is 17.8 Å². The summed E-state index contributed by atoms with van der Waals surface area (Å²) < 4.78 is 5.66. The number of allylic oxidation sites excluding steroid dienone is 3. The number of nitrogens with zero attached hydrogens (tertiary/aromatic N) is 3. The molecule has 2 rings (SSSR count). The molecular weight excluding hydrogens is 583 g/mol. The Balaban J connectivity index is 2.02. The molecule has 46 heavy (non-hydrogen) atoms. The normalized spacial score (nSPS) is 16.6. The SMILES string of the molecule is [B]=N[C@H](C(=O)N[C@@H](CCCNC(N)=O)C(=O)N(C)C1=CCC(CCN(C)[C@H](C(=O)OCc2ccccc2)C(C)C)C=CC1)C(C)C. The molecule has 1 aliphatic carbocycles. The van der Waals surface area contributed by atoms with Gasteiger partial charge in [0.15, 0.2) is 0 Å². The van der Waals surface area contributed by atoms with Crippen molar-refractivity contribution in [2.75, 3.05) is 27.2 Å². The number of urea groups is 1. The minimum absolute atomic E-state index is 0.0819. The van der Waals surface area contributed by atoms with Gasteiger partial charge in [0.1, 0.15) is 12.6 Å².